The van der Waals surface area contributed by atoms with Crippen LogP contribution in [0.2, 0.25) is 0 Å². The summed E-state index contributed by atoms with van der Waals surface area (Å²) in [7, 11) is 0. The molecule has 1 N–H and O–H groups in total. The predicted octanol–water partition coefficient (Wildman–Crippen LogP) is 2.09. The van der Waals surface area contributed by atoms with Gasteiger partial charge in [-0.2, -0.15) is 0 Å². The second-order valence-corrected chi connectivity index (χ2v) is 3.95. The number of rotatable bonds is 4. The standard InChI is InChI=1S/C13H13FN2O2/c1-9-8-12(18-16-9)6-7-15-13(17)10-2-4-11(14)5-3-10/h2-5,8H,6-7H2,1H3,(H,15,17). The number of carbonyl (C=O) groups is 1. The van der Waals surface area contributed by atoms with E-state index in [0.29, 0.717) is 18.5 Å². The zero-order valence-corrected chi connectivity index (χ0v) is 9.94. The van der Waals surface area contributed by atoms with Crippen LogP contribution in [0.5, 0.6) is 0 Å². The fourth-order valence-corrected chi connectivity index (χ4v) is 1.54. The molecule has 2 rings (SSSR count). The van der Waals surface area contributed by atoms with Crippen molar-refractivity contribution in [2.45, 2.75) is 13.3 Å². The molecule has 1 aromatic heterocycles. The fraction of sp³-hybridized carbons (Fsp3) is 0.231. The van der Waals surface area contributed by atoms with E-state index in [-0.39, 0.29) is 11.7 Å². The number of hydrogen-bond acceptors (Lipinski definition) is 3. The third-order valence-corrected chi connectivity index (χ3v) is 2.44. The van der Waals surface area contributed by atoms with Crippen molar-refractivity contribution in [2.75, 3.05) is 6.54 Å². The lowest BCUT2D eigenvalue weighted by atomic mass is 10.2. The van der Waals surface area contributed by atoms with E-state index in [0.717, 1.165) is 11.5 Å². The smallest absolute Gasteiger partial charge is 0.251 e. The molecule has 0 aliphatic rings. The van der Waals surface area contributed by atoms with Crippen LogP contribution in [-0.4, -0.2) is 17.6 Å². The number of hydrogen-bond donors (Lipinski definition) is 1. The number of aryl methyl sites for hydroxylation is 1. The molecule has 1 heterocycles. The summed E-state index contributed by atoms with van der Waals surface area (Å²) in [5.74, 6) is 0.141. The Morgan fingerprint density at radius 1 is 1.39 bits per heavy atom. The minimum Gasteiger partial charge on any atom is -0.361 e. The zero-order chi connectivity index (χ0) is 13.0. The van der Waals surface area contributed by atoms with E-state index >= 15 is 0 Å². The van der Waals surface area contributed by atoms with E-state index in [4.69, 9.17) is 4.52 Å². The van der Waals surface area contributed by atoms with Crippen LogP contribution in [0.25, 0.3) is 0 Å². The van der Waals surface area contributed by atoms with Gasteiger partial charge in [0.25, 0.3) is 5.91 Å². The highest BCUT2D eigenvalue weighted by molar-refractivity contribution is 5.94. The van der Waals surface area contributed by atoms with Gasteiger partial charge in [-0.1, -0.05) is 5.16 Å². The summed E-state index contributed by atoms with van der Waals surface area (Å²) >= 11 is 0. The summed E-state index contributed by atoms with van der Waals surface area (Å²) in [5.41, 5.74) is 1.25. The monoisotopic (exact) mass is 248 g/mol. The summed E-state index contributed by atoms with van der Waals surface area (Å²) in [6.07, 6.45) is 0.577. The van der Waals surface area contributed by atoms with Gasteiger partial charge in [-0.15, -0.1) is 0 Å². The number of carbonyl (C=O) groups excluding carboxylic acids is 1. The lowest BCUT2D eigenvalue weighted by Crippen LogP contribution is -2.25. The summed E-state index contributed by atoms with van der Waals surface area (Å²) in [6, 6.07) is 7.24. The lowest BCUT2D eigenvalue weighted by Gasteiger charge is -2.03. The molecule has 1 amide bonds. The van der Waals surface area contributed by atoms with E-state index in [1.165, 1.54) is 24.3 Å². The fourth-order valence-electron chi connectivity index (χ4n) is 1.54. The quantitative estimate of drug-likeness (QED) is 0.901. The number of aromatic nitrogens is 1. The van der Waals surface area contributed by atoms with Crippen molar-refractivity contribution in [3.05, 3.63) is 53.2 Å². The van der Waals surface area contributed by atoms with Gasteiger partial charge in [0.2, 0.25) is 0 Å². The SMILES string of the molecule is Cc1cc(CCNC(=O)c2ccc(F)cc2)on1. The van der Waals surface area contributed by atoms with Crippen molar-refractivity contribution in [2.24, 2.45) is 0 Å². The molecule has 2 aromatic rings. The molecule has 0 saturated heterocycles. The first-order valence-corrected chi connectivity index (χ1v) is 5.61. The van der Waals surface area contributed by atoms with Crippen molar-refractivity contribution in [3.63, 3.8) is 0 Å². The molecule has 0 aliphatic carbocycles. The molecule has 0 aliphatic heterocycles. The first kappa shape index (κ1) is 12.3. The van der Waals surface area contributed by atoms with E-state index in [9.17, 15) is 9.18 Å². The maximum atomic E-state index is 12.7. The third kappa shape index (κ3) is 3.16. The Morgan fingerprint density at radius 2 is 2.11 bits per heavy atom. The molecule has 94 valence electrons. The Hall–Kier alpha value is -2.17. The van der Waals surface area contributed by atoms with Crippen LogP contribution in [0.3, 0.4) is 0 Å². The Kier molecular flexibility index (Phi) is 3.72. The summed E-state index contributed by atoms with van der Waals surface area (Å²) in [5, 5.41) is 6.48. The molecular weight excluding hydrogens is 235 g/mol. The number of nitrogens with zero attached hydrogens (tertiary/aromatic N) is 1. The maximum Gasteiger partial charge on any atom is 0.251 e. The molecule has 0 bridgehead atoms. The molecule has 0 fully saturated rings. The van der Waals surface area contributed by atoms with Gasteiger partial charge in [0, 0.05) is 24.6 Å². The first-order chi connectivity index (χ1) is 8.65. The van der Waals surface area contributed by atoms with Crippen molar-refractivity contribution < 1.29 is 13.7 Å². The lowest BCUT2D eigenvalue weighted by molar-refractivity contribution is 0.0953. The third-order valence-electron chi connectivity index (χ3n) is 2.44. The van der Waals surface area contributed by atoms with Gasteiger partial charge in [0.05, 0.1) is 5.69 Å². The van der Waals surface area contributed by atoms with Crippen molar-refractivity contribution in [1.82, 2.24) is 10.5 Å². The highest BCUT2D eigenvalue weighted by Gasteiger charge is 2.06. The number of benzene rings is 1. The van der Waals surface area contributed by atoms with Crippen LogP contribution in [-0.2, 0) is 6.42 Å². The van der Waals surface area contributed by atoms with Crippen LogP contribution in [0.1, 0.15) is 21.8 Å². The summed E-state index contributed by atoms with van der Waals surface area (Å²) in [4.78, 5) is 11.7. The van der Waals surface area contributed by atoms with E-state index < -0.39 is 0 Å². The predicted molar refractivity (Wildman–Crippen MR) is 63.7 cm³/mol. The minimum absolute atomic E-state index is 0.230. The van der Waals surface area contributed by atoms with Gasteiger partial charge < -0.3 is 9.84 Å². The molecule has 0 atom stereocenters. The largest absolute Gasteiger partial charge is 0.361 e. The van der Waals surface area contributed by atoms with Crippen LogP contribution >= 0.6 is 0 Å². The van der Waals surface area contributed by atoms with E-state index in [1.54, 1.807) is 0 Å². The van der Waals surface area contributed by atoms with Crippen LogP contribution < -0.4 is 5.32 Å². The summed E-state index contributed by atoms with van der Waals surface area (Å²) in [6.45, 7) is 2.29. The Labute approximate surface area is 104 Å². The highest BCUT2D eigenvalue weighted by atomic mass is 19.1. The van der Waals surface area contributed by atoms with Gasteiger partial charge in [0.1, 0.15) is 11.6 Å². The van der Waals surface area contributed by atoms with Crippen LogP contribution in [0.4, 0.5) is 4.39 Å². The molecule has 0 radical (unpaired) electrons. The van der Waals surface area contributed by atoms with Crippen LogP contribution in [0, 0.1) is 12.7 Å². The molecule has 0 saturated carbocycles. The number of nitrogens with one attached hydrogen (secondary N) is 1. The second kappa shape index (κ2) is 5.44. The molecule has 0 unspecified atom stereocenters. The van der Waals surface area contributed by atoms with E-state index in [2.05, 4.69) is 10.5 Å². The highest BCUT2D eigenvalue weighted by Crippen LogP contribution is 2.04. The zero-order valence-electron chi connectivity index (χ0n) is 9.94. The van der Waals surface area contributed by atoms with Crippen molar-refractivity contribution >= 4 is 5.91 Å². The topological polar surface area (TPSA) is 55.1 Å². The second-order valence-electron chi connectivity index (χ2n) is 3.95. The van der Waals surface area contributed by atoms with Crippen molar-refractivity contribution in [1.29, 1.82) is 0 Å². The molecular formula is C13H13FN2O2. The maximum absolute atomic E-state index is 12.7. The van der Waals surface area contributed by atoms with Crippen LogP contribution in [0.15, 0.2) is 34.9 Å². The number of halogens is 1. The van der Waals surface area contributed by atoms with Gasteiger partial charge in [-0.3, -0.25) is 4.79 Å². The Balaban J connectivity index is 1.83. The molecule has 5 heteroatoms. The Morgan fingerprint density at radius 3 is 2.72 bits per heavy atom. The molecule has 4 nitrogen and oxygen atoms in total. The molecule has 18 heavy (non-hydrogen) atoms. The van der Waals surface area contributed by atoms with Gasteiger partial charge in [0.15, 0.2) is 0 Å². The van der Waals surface area contributed by atoms with Gasteiger partial charge in [-0.25, -0.2) is 4.39 Å². The minimum atomic E-state index is -0.358. The molecule has 1 aromatic carbocycles. The van der Waals surface area contributed by atoms with Crippen molar-refractivity contribution in [3.8, 4) is 0 Å². The normalized spacial score (nSPS) is 10.3. The average Bonchev–Trinajstić information content (AvgIpc) is 2.76. The number of amides is 1. The first-order valence-electron chi connectivity index (χ1n) is 5.61. The molecule has 0 spiro atoms. The average molecular weight is 248 g/mol. The van der Waals surface area contributed by atoms with Gasteiger partial charge in [-0.05, 0) is 31.2 Å². The Bertz CT molecular complexity index is 534. The van der Waals surface area contributed by atoms with Gasteiger partial charge >= 0.3 is 0 Å². The summed E-state index contributed by atoms with van der Waals surface area (Å²) < 4.78 is 17.7. The van der Waals surface area contributed by atoms with E-state index in [1.807, 2.05) is 13.0 Å².